The molecule has 0 aliphatic heterocycles. The Balaban J connectivity index is 2.58. The highest BCUT2D eigenvalue weighted by Gasteiger charge is 2.26. The minimum absolute atomic E-state index is 0.571. The molecule has 0 N–H and O–H groups in total. The first-order valence-corrected chi connectivity index (χ1v) is 6.39. The highest BCUT2D eigenvalue weighted by molar-refractivity contribution is 9.24. The first-order valence-electron chi connectivity index (χ1n) is 4.80. The Labute approximate surface area is 111 Å². The monoisotopic (exact) mass is 342 g/mol. The van der Waals surface area contributed by atoms with Crippen molar-refractivity contribution in [2.45, 2.75) is 3.49 Å². The molecule has 2 rings (SSSR count). The molecule has 0 nitrogen and oxygen atoms in total. The highest BCUT2D eigenvalue weighted by atomic mass is 79.9. The van der Waals surface area contributed by atoms with Gasteiger partial charge in [-0.2, -0.15) is 0 Å². The fourth-order valence-electron chi connectivity index (χ4n) is 1.60. The Bertz CT molecular complexity index is 475. The van der Waals surface area contributed by atoms with Gasteiger partial charge < -0.3 is 0 Å². The summed E-state index contributed by atoms with van der Waals surface area (Å²) in [5.41, 5.74) is 2.44. The highest BCUT2D eigenvalue weighted by Crippen LogP contribution is 2.43. The van der Waals surface area contributed by atoms with Crippen molar-refractivity contribution in [3.8, 4) is 11.1 Å². The number of rotatable bonds is 2. The van der Waals surface area contributed by atoms with E-state index >= 15 is 0 Å². The van der Waals surface area contributed by atoms with Gasteiger partial charge >= 0.3 is 0 Å². The van der Waals surface area contributed by atoms with Crippen molar-refractivity contribution in [1.82, 2.24) is 0 Å². The lowest BCUT2D eigenvalue weighted by Crippen LogP contribution is -2.02. The minimum atomic E-state index is -1.69. The summed E-state index contributed by atoms with van der Waals surface area (Å²) in [4.78, 5) is 0. The largest absolute Gasteiger partial charge is 0.244 e. The molecule has 0 aliphatic rings. The van der Waals surface area contributed by atoms with Gasteiger partial charge in [-0.3, -0.25) is 0 Å². The van der Waals surface area contributed by atoms with Gasteiger partial charge in [-0.05, 0) is 43.0 Å². The smallest absolute Gasteiger partial charge is 0.213 e. The van der Waals surface area contributed by atoms with Crippen LogP contribution in [-0.2, 0) is 3.49 Å². The van der Waals surface area contributed by atoms with Crippen molar-refractivity contribution in [3.05, 3.63) is 60.2 Å². The summed E-state index contributed by atoms with van der Waals surface area (Å²) < 4.78 is 12.2. The number of hydrogen-bond donors (Lipinski definition) is 0. The molecule has 0 fully saturated rings. The van der Waals surface area contributed by atoms with Crippen LogP contribution >= 0.6 is 31.9 Å². The molecule has 16 heavy (non-hydrogen) atoms. The van der Waals surface area contributed by atoms with E-state index in [-0.39, 0.29) is 0 Å². The fraction of sp³-hybridized carbons (Fsp3) is 0.0769. The predicted octanol–water partition coefficient (Wildman–Crippen LogP) is 5.22. The second-order valence-electron chi connectivity index (χ2n) is 3.41. The molecule has 0 aliphatic carbocycles. The number of benzene rings is 2. The predicted molar refractivity (Wildman–Crippen MR) is 72.5 cm³/mol. The van der Waals surface area contributed by atoms with Gasteiger partial charge in [0.15, 0.2) is 0 Å². The van der Waals surface area contributed by atoms with Crippen molar-refractivity contribution in [3.63, 3.8) is 0 Å². The normalized spacial score (nSPS) is 11.4. The maximum absolute atomic E-state index is 13.9. The molecule has 82 valence electrons. The number of halogens is 3. The van der Waals surface area contributed by atoms with Crippen LogP contribution in [0.25, 0.3) is 11.1 Å². The van der Waals surface area contributed by atoms with E-state index < -0.39 is 3.49 Å². The van der Waals surface area contributed by atoms with Gasteiger partial charge in [-0.25, -0.2) is 4.39 Å². The average molecular weight is 344 g/mol. The summed E-state index contributed by atoms with van der Waals surface area (Å²) in [5, 5.41) is 0. The summed E-state index contributed by atoms with van der Waals surface area (Å²) in [6, 6.07) is 17.1. The topological polar surface area (TPSA) is 0 Å². The molecule has 0 heterocycles. The van der Waals surface area contributed by atoms with Gasteiger partial charge in [-0.1, -0.05) is 54.6 Å². The van der Waals surface area contributed by atoms with Gasteiger partial charge in [0.1, 0.15) is 0 Å². The Morgan fingerprint density at radius 1 is 0.812 bits per heavy atom. The summed E-state index contributed by atoms with van der Waals surface area (Å²) >= 11 is 5.97. The van der Waals surface area contributed by atoms with Crippen LogP contribution < -0.4 is 0 Å². The molecule has 0 amide bonds. The van der Waals surface area contributed by atoms with Gasteiger partial charge in [0, 0.05) is 5.56 Å². The molecule has 0 aromatic heterocycles. The van der Waals surface area contributed by atoms with E-state index in [1.54, 1.807) is 6.07 Å². The second kappa shape index (κ2) is 4.68. The molecule has 2 aromatic carbocycles. The van der Waals surface area contributed by atoms with Crippen LogP contribution in [0.3, 0.4) is 0 Å². The van der Waals surface area contributed by atoms with Crippen molar-refractivity contribution < 1.29 is 4.39 Å². The summed E-state index contributed by atoms with van der Waals surface area (Å²) in [6.07, 6.45) is 0. The Hall–Kier alpha value is -0.670. The molecule has 0 bridgehead atoms. The quantitative estimate of drug-likeness (QED) is 0.655. The lowest BCUT2D eigenvalue weighted by molar-refractivity contribution is 0.445. The average Bonchev–Trinajstić information content (AvgIpc) is 2.29. The zero-order valence-electron chi connectivity index (χ0n) is 8.33. The van der Waals surface area contributed by atoms with Gasteiger partial charge in [-0.15, -0.1) is 0 Å². The van der Waals surface area contributed by atoms with Crippen molar-refractivity contribution in [1.29, 1.82) is 0 Å². The molecular formula is C13H9Br2F. The SMILES string of the molecule is FC(Br)(Br)c1ccccc1-c1ccccc1. The van der Waals surface area contributed by atoms with Crippen LogP contribution in [0.15, 0.2) is 54.6 Å². The maximum atomic E-state index is 13.9. The molecule has 0 radical (unpaired) electrons. The van der Waals surface area contributed by atoms with E-state index in [4.69, 9.17) is 0 Å². The number of hydrogen-bond acceptors (Lipinski definition) is 0. The molecule has 0 spiro atoms. The Morgan fingerprint density at radius 3 is 2.00 bits per heavy atom. The van der Waals surface area contributed by atoms with Gasteiger partial charge in [0.05, 0.1) is 0 Å². The van der Waals surface area contributed by atoms with E-state index in [2.05, 4.69) is 31.9 Å². The molecule has 3 heteroatoms. The van der Waals surface area contributed by atoms with Gasteiger partial charge in [0.25, 0.3) is 0 Å². The van der Waals surface area contributed by atoms with Crippen molar-refractivity contribution >= 4 is 31.9 Å². The second-order valence-corrected chi connectivity index (χ2v) is 6.66. The van der Waals surface area contributed by atoms with Crippen LogP contribution in [0.1, 0.15) is 5.56 Å². The standard InChI is InChI=1S/C13H9Br2F/c14-13(15,16)12-9-5-4-8-11(12)10-6-2-1-3-7-10/h1-9H. The molecule has 0 unspecified atom stereocenters. The molecule has 0 saturated carbocycles. The zero-order valence-corrected chi connectivity index (χ0v) is 11.5. The van der Waals surface area contributed by atoms with Crippen molar-refractivity contribution in [2.75, 3.05) is 0 Å². The van der Waals surface area contributed by atoms with E-state index in [1.165, 1.54) is 0 Å². The van der Waals surface area contributed by atoms with Crippen LogP contribution in [0.2, 0.25) is 0 Å². The number of alkyl halides is 3. The summed E-state index contributed by atoms with van der Waals surface area (Å²) in [6.45, 7) is 0. The third-order valence-electron chi connectivity index (χ3n) is 2.32. The molecule has 0 atom stereocenters. The summed E-state index contributed by atoms with van der Waals surface area (Å²) in [7, 11) is 0. The zero-order chi connectivity index (χ0) is 11.6. The van der Waals surface area contributed by atoms with Crippen LogP contribution in [0.4, 0.5) is 4.39 Å². The Morgan fingerprint density at radius 2 is 1.38 bits per heavy atom. The fourth-order valence-corrected chi connectivity index (χ4v) is 2.29. The lowest BCUT2D eigenvalue weighted by Gasteiger charge is -2.15. The van der Waals surface area contributed by atoms with E-state index in [0.717, 1.165) is 11.1 Å². The Kier molecular flexibility index (Phi) is 3.45. The van der Waals surface area contributed by atoms with Crippen LogP contribution in [-0.4, -0.2) is 0 Å². The van der Waals surface area contributed by atoms with Crippen molar-refractivity contribution in [2.24, 2.45) is 0 Å². The lowest BCUT2D eigenvalue weighted by atomic mass is 10.0. The van der Waals surface area contributed by atoms with E-state index in [0.29, 0.717) is 5.56 Å². The third kappa shape index (κ3) is 2.53. The first kappa shape index (κ1) is 11.8. The third-order valence-corrected chi connectivity index (χ3v) is 3.17. The van der Waals surface area contributed by atoms with E-state index in [9.17, 15) is 4.39 Å². The minimum Gasteiger partial charge on any atom is -0.213 e. The first-order chi connectivity index (χ1) is 7.59. The van der Waals surface area contributed by atoms with Crippen LogP contribution in [0.5, 0.6) is 0 Å². The van der Waals surface area contributed by atoms with Gasteiger partial charge in [0.2, 0.25) is 3.49 Å². The van der Waals surface area contributed by atoms with E-state index in [1.807, 2.05) is 48.5 Å². The van der Waals surface area contributed by atoms with Crippen LogP contribution in [0, 0.1) is 0 Å². The summed E-state index contributed by atoms with van der Waals surface area (Å²) in [5.74, 6) is 0. The molecule has 2 aromatic rings. The maximum Gasteiger partial charge on any atom is 0.244 e. The molecule has 0 saturated heterocycles. The molecular weight excluding hydrogens is 335 g/mol.